The largest absolute Gasteiger partial charge is 0.382 e. The van der Waals surface area contributed by atoms with Crippen molar-refractivity contribution in [3.05, 3.63) is 71.8 Å². The van der Waals surface area contributed by atoms with Crippen LogP contribution in [0.15, 0.2) is 60.7 Å². The lowest BCUT2D eigenvalue weighted by atomic mass is 9.82. The van der Waals surface area contributed by atoms with Crippen molar-refractivity contribution in [2.24, 2.45) is 0 Å². The van der Waals surface area contributed by atoms with Crippen LogP contribution in [0.4, 0.5) is 0 Å². The molecule has 0 radical (unpaired) electrons. The van der Waals surface area contributed by atoms with E-state index in [1.807, 2.05) is 67.6 Å². The van der Waals surface area contributed by atoms with Gasteiger partial charge >= 0.3 is 0 Å². The Labute approximate surface area is 114 Å². The number of rotatable bonds is 5. The second kappa shape index (κ2) is 6.00. The molecule has 0 saturated carbocycles. The van der Waals surface area contributed by atoms with E-state index in [-0.39, 0.29) is 6.10 Å². The van der Waals surface area contributed by atoms with E-state index in [0.29, 0.717) is 6.42 Å². The Bertz CT molecular complexity index is 495. The quantitative estimate of drug-likeness (QED) is 0.884. The average molecular weight is 256 g/mol. The van der Waals surface area contributed by atoms with Crippen molar-refractivity contribution < 1.29 is 9.84 Å². The monoisotopic (exact) mass is 256 g/mol. The first-order valence-corrected chi connectivity index (χ1v) is 6.58. The summed E-state index contributed by atoms with van der Waals surface area (Å²) in [7, 11) is 1.64. The lowest BCUT2D eigenvalue weighted by molar-refractivity contribution is -0.104. The highest BCUT2D eigenvalue weighted by Gasteiger charge is 2.38. The molecule has 19 heavy (non-hydrogen) atoms. The number of hydrogen-bond donors (Lipinski definition) is 1. The molecule has 2 rings (SSSR count). The molecule has 2 aromatic carbocycles. The van der Waals surface area contributed by atoms with Gasteiger partial charge in [-0.05, 0) is 17.5 Å². The zero-order valence-electron chi connectivity index (χ0n) is 11.4. The highest BCUT2D eigenvalue weighted by Crippen LogP contribution is 2.39. The van der Waals surface area contributed by atoms with E-state index < -0.39 is 5.60 Å². The van der Waals surface area contributed by atoms with Crippen LogP contribution < -0.4 is 0 Å². The SMILES string of the molecule is CC[C@](O)(c1ccccc1)[C@@H](OC)c1ccccc1. The van der Waals surface area contributed by atoms with E-state index in [1.54, 1.807) is 7.11 Å². The second-order valence-corrected chi connectivity index (χ2v) is 4.67. The lowest BCUT2D eigenvalue weighted by Gasteiger charge is -2.35. The van der Waals surface area contributed by atoms with Gasteiger partial charge in [0.15, 0.2) is 0 Å². The molecule has 0 amide bonds. The van der Waals surface area contributed by atoms with Gasteiger partial charge in [0.25, 0.3) is 0 Å². The Hall–Kier alpha value is -1.64. The van der Waals surface area contributed by atoms with Crippen LogP contribution in [-0.4, -0.2) is 12.2 Å². The minimum absolute atomic E-state index is 0.374. The van der Waals surface area contributed by atoms with Crippen LogP contribution in [-0.2, 0) is 10.3 Å². The maximum absolute atomic E-state index is 11.1. The van der Waals surface area contributed by atoms with Gasteiger partial charge in [-0.25, -0.2) is 0 Å². The highest BCUT2D eigenvalue weighted by molar-refractivity contribution is 5.29. The Morgan fingerprint density at radius 2 is 1.53 bits per heavy atom. The number of ether oxygens (including phenoxy) is 1. The number of benzene rings is 2. The summed E-state index contributed by atoms with van der Waals surface area (Å²) >= 11 is 0. The average Bonchev–Trinajstić information content (AvgIpc) is 2.49. The van der Waals surface area contributed by atoms with Gasteiger partial charge in [0, 0.05) is 7.11 Å². The first-order chi connectivity index (χ1) is 9.22. The maximum Gasteiger partial charge on any atom is 0.120 e. The second-order valence-electron chi connectivity index (χ2n) is 4.67. The fraction of sp³-hybridized carbons (Fsp3) is 0.294. The van der Waals surface area contributed by atoms with Gasteiger partial charge in [-0.15, -0.1) is 0 Å². The van der Waals surface area contributed by atoms with E-state index in [2.05, 4.69) is 0 Å². The summed E-state index contributed by atoms with van der Waals surface area (Å²) in [5.74, 6) is 0. The van der Waals surface area contributed by atoms with Gasteiger partial charge < -0.3 is 9.84 Å². The van der Waals surface area contributed by atoms with E-state index in [9.17, 15) is 5.11 Å². The number of methoxy groups -OCH3 is 1. The van der Waals surface area contributed by atoms with Crippen molar-refractivity contribution in [3.63, 3.8) is 0 Å². The fourth-order valence-corrected chi connectivity index (χ4v) is 2.50. The van der Waals surface area contributed by atoms with E-state index in [4.69, 9.17) is 4.74 Å². The summed E-state index contributed by atoms with van der Waals surface area (Å²) in [6.45, 7) is 1.97. The molecule has 0 aliphatic rings. The van der Waals surface area contributed by atoms with Crippen LogP contribution in [0.5, 0.6) is 0 Å². The summed E-state index contributed by atoms with van der Waals surface area (Å²) in [4.78, 5) is 0. The molecule has 0 aromatic heterocycles. The van der Waals surface area contributed by atoms with E-state index in [0.717, 1.165) is 11.1 Å². The van der Waals surface area contributed by atoms with Crippen LogP contribution in [0.2, 0.25) is 0 Å². The molecule has 2 atom stereocenters. The predicted molar refractivity (Wildman–Crippen MR) is 76.8 cm³/mol. The third-order valence-corrected chi connectivity index (χ3v) is 3.58. The Morgan fingerprint density at radius 3 is 2.00 bits per heavy atom. The minimum Gasteiger partial charge on any atom is -0.382 e. The Kier molecular flexibility index (Phi) is 4.35. The molecule has 0 saturated heterocycles. The molecule has 2 nitrogen and oxygen atoms in total. The zero-order chi connectivity index (χ0) is 13.7. The summed E-state index contributed by atoms with van der Waals surface area (Å²) in [5.41, 5.74) is 0.851. The van der Waals surface area contributed by atoms with Crippen LogP contribution in [0, 0.1) is 0 Å². The molecular weight excluding hydrogens is 236 g/mol. The Morgan fingerprint density at radius 1 is 1.00 bits per heavy atom. The third kappa shape index (κ3) is 2.70. The van der Waals surface area contributed by atoms with Crippen LogP contribution in [0.3, 0.4) is 0 Å². The van der Waals surface area contributed by atoms with Crippen molar-refractivity contribution >= 4 is 0 Å². The van der Waals surface area contributed by atoms with Gasteiger partial charge in [0.2, 0.25) is 0 Å². The van der Waals surface area contributed by atoms with Gasteiger partial charge in [-0.3, -0.25) is 0 Å². The summed E-state index contributed by atoms with van der Waals surface area (Å²) in [5, 5.41) is 11.1. The van der Waals surface area contributed by atoms with Crippen molar-refractivity contribution in [1.29, 1.82) is 0 Å². The highest BCUT2D eigenvalue weighted by atomic mass is 16.5. The topological polar surface area (TPSA) is 29.5 Å². The molecule has 1 N–H and O–H groups in total. The van der Waals surface area contributed by atoms with Crippen molar-refractivity contribution in [2.45, 2.75) is 25.0 Å². The Balaban J connectivity index is 2.44. The zero-order valence-corrected chi connectivity index (χ0v) is 11.4. The molecule has 0 fully saturated rings. The lowest BCUT2D eigenvalue weighted by Crippen LogP contribution is -2.34. The van der Waals surface area contributed by atoms with Crippen LogP contribution in [0.1, 0.15) is 30.6 Å². The first-order valence-electron chi connectivity index (χ1n) is 6.58. The van der Waals surface area contributed by atoms with Gasteiger partial charge in [0.1, 0.15) is 11.7 Å². The molecule has 0 spiro atoms. The van der Waals surface area contributed by atoms with Gasteiger partial charge in [-0.2, -0.15) is 0 Å². The molecule has 2 heteroatoms. The number of aliphatic hydroxyl groups is 1. The van der Waals surface area contributed by atoms with Crippen molar-refractivity contribution in [2.75, 3.05) is 7.11 Å². The molecule has 0 unspecified atom stereocenters. The fourth-order valence-electron chi connectivity index (χ4n) is 2.50. The molecule has 0 heterocycles. The van der Waals surface area contributed by atoms with Crippen molar-refractivity contribution in [3.8, 4) is 0 Å². The van der Waals surface area contributed by atoms with Gasteiger partial charge in [-0.1, -0.05) is 67.6 Å². The maximum atomic E-state index is 11.1. The third-order valence-electron chi connectivity index (χ3n) is 3.58. The normalized spacial score (nSPS) is 15.7. The smallest absolute Gasteiger partial charge is 0.120 e. The molecule has 2 aromatic rings. The summed E-state index contributed by atoms with van der Waals surface area (Å²) in [6, 6.07) is 19.6. The predicted octanol–water partition coefficient (Wildman–Crippen LogP) is 3.67. The molecule has 0 bridgehead atoms. The van der Waals surface area contributed by atoms with Crippen LogP contribution in [0.25, 0.3) is 0 Å². The molecule has 100 valence electrons. The summed E-state index contributed by atoms with van der Waals surface area (Å²) < 4.78 is 5.60. The van der Waals surface area contributed by atoms with E-state index >= 15 is 0 Å². The standard InChI is InChI=1S/C17H20O2/c1-3-17(18,15-12-8-5-9-13-15)16(19-2)14-10-6-4-7-11-14/h4-13,16,18H,3H2,1-2H3/t16-,17-/m0/s1. The summed E-state index contributed by atoms with van der Waals surface area (Å²) in [6.07, 6.45) is 0.214. The van der Waals surface area contributed by atoms with Gasteiger partial charge in [0.05, 0.1) is 0 Å². The van der Waals surface area contributed by atoms with Crippen molar-refractivity contribution in [1.82, 2.24) is 0 Å². The molecular formula is C17H20O2. The van der Waals surface area contributed by atoms with E-state index in [1.165, 1.54) is 0 Å². The molecule has 0 aliphatic carbocycles. The number of hydrogen-bond acceptors (Lipinski definition) is 2. The minimum atomic E-state index is -1.02. The first kappa shape index (κ1) is 13.8. The van der Waals surface area contributed by atoms with Crippen LogP contribution >= 0.6 is 0 Å². The molecule has 0 aliphatic heterocycles.